The summed E-state index contributed by atoms with van der Waals surface area (Å²) in [5, 5.41) is 12.4. The minimum Gasteiger partial charge on any atom is -0.460 e. The van der Waals surface area contributed by atoms with Gasteiger partial charge in [-0.1, -0.05) is 0 Å². The Kier molecular flexibility index (Phi) is 4.95. The van der Waals surface area contributed by atoms with E-state index in [1.165, 1.54) is 0 Å². The number of hydrogen-bond donors (Lipinski definition) is 2. The fourth-order valence-electron chi connectivity index (χ4n) is 2.29. The number of ether oxygens (including phenoxy) is 1. The summed E-state index contributed by atoms with van der Waals surface area (Å²) in [5.74, 6) is -0.0204. The second-order valence-electron chi connectivity index (χ2n) is 5.96. The molecule has 0 aromatic carbocycles. The van der Waals surface area contributed by atoms with Gasteiger partial charge in [-0.3, -0.25) is 4.79 Å². The molecule has 3 atom stereocenters. The van der Waals surface area contributed by atoms with Gasteiger partial charge >= 0.3 is 5.97 Å². The normalized spacial score (nSPS) is 30.1. The largest absolute Gasteiger partial charge is 0.460 e. The fourth-order valence-corrected chi connectivity index (χ4v) is 2.29. The Balaban J connectivity index is 2.65. The quantitative estimate of drug-likeness (QED) is 0.734. The number of rotatable bonds is 3. The molecule has 0 radical (unpaired) electrons. The molecule has 0 amide bonds. The molecule has 0 aromatic heterocycles. The predicted molar refractivity (Wildman–Crippen MR) is 66.6 cm³/mol. The summed E-state index contributed by atoms with van der Waals surface area (Å²) in [6.45, 7) is 8.64. The van der Waals surface area contributed by atoms with Crippen LogP contribution in [0.15, 0.2) is 0 Å². The van der Waals surface area contributed by atoms with Gasteiger partial charge in [0.05, 0.1) is 5.92 Å². The van der Waals surface area contributed by atoms with Crippen molar-refractivity contribution in [1.29, 1.82) is 0 Å². The molecule has 0 spiro atoms. The monoisotopic (exact) mass is 243 g/mol. The maximum absolute atomic E-state index is 12.1. The molecule has 0 saturated carbocycles. The summed E-state index contributed by atoms with van der Waals surface area (Å²) in [5.41, 5.74) is -0.436. The van der Waals surface area contributed by atoms with E-state index in [1.54, 1.807) is 0 Å². The second kappa shape index (κ2) is 5.83. The summed E-state index contributed by atoms with van der Waals surface area (Å²) in [4.78, 5) is 12.1. The Morgan fingerprint density at radius 3 is 2.65 bits per heavy atom. The average molecular weight is 243 g/mol. The second-order valence-corrected chi connectivity index (χ2v) is 5.96. The highest BCUT2D eigenvalue weighted by Crippen LogP contribution is 2.27. The number of esters is 1. The van der Waals surface area contributed by atoms with Crippen molar-refractivity contribution < 1.29 is 14.6 Å². The molecule has 1 saturated heterocycles. The van der Waals surface area contributed by atoms with Crippen LogP contribution in [0.2, 0.25) is 0 Å². The highest BCUT2D eigenvalue weighted by molar-refractivity contribution is 5.73. The highest BCUT2D eigenvalue weighted by Gasteiger charge is 2.35. The van der Waals surface area contributed by atoms with Gasteiger partial charge in [-0.15, -0.1) is 0 Å². The molecule has 1 aliphatic rings. The first-order valence-corrected chi connectivity index (χ1v) is 6.40. The van der Waals surface area contributed by atoms with E-state index in [0.717, 1.165) is 13.0 Å². The molecule has 2 N–H and O–H groups in total. The van der Waals surface area contributed by atoms with Crippen LogP contribution in [0.4, 0.5) is 0 Å². The van der Waals surface area contributed by atoms with Crippen molar-refractivity contribution in [3.05, 3.63) is 0 Å². The predicted octanol–water partition coefficient (Wildman–Crippen LogP) is 1.32. The summed E-state index contributed by atoms with van der Waals surface area (Å²) < 4.78 is 5.45. The van der Waals surface area contributed by atoms with Gasteiger partial charge in [0, 0.05) is 12.6 Å². The lowest BCUT2D eigenvalue weighted by Gasteiger charge is -2.35. The fraction of sp³-hybridized carbons (Fsp3) is 0.923. The van der Waals surface area contributed by atoms with Gasteiger partial charge in [0.1, 0.15) is 5.60 Å². The molecule has 4 nitrogen and oxygen atoms in total. The molecule has 1 heterocycles. The zero-order valence-corrected chi connectivity index (χ0v) is 11.3. The van der Waals surface area contributed by atoms with E-state index in [-0.39, 0.29) is 24.4 Å². The van der Waals surface area contributed by atoms with Crippen LogP contribution in [0.25, 0.3) is 0 Å². The minimum atomic E-state index is -0.436. The summed E-state index contributed by atoms with van der Waals surface area (Å²) >= 11 is 0. The lowest BCUT2D eigenvalue weighted by molar-refractivity contribution is -0.163. The van der Waals surface area contributed by atoms with Crippen LogP contribution in [-0.2, 0) is 9.53 Å². The summed E-state index contributed by atoms with van der Waals surface area (Å²) in [6.07, 6.45) is 1.45. The Bertz CT molecular complexity index is 260. The van der Waals surface area contributed by atoms with Crippen molar-refractivity contribution in [1.82, 2.24) is 5.32 Å². The maximum atomic E-state index is 12.1. The number of carbonyl (C=O) groups is 1. The van der Waals surface area contributed by atoms with Crippen LogP contribution in [0, 0.1) is 11.8 Å². The molecule has 1 rings (SSSR count). The van der Waals surface area contributed by atoms with E-state index in [9.17, 15) is 4.79 Å². The zero-order valence-electron chi connectivity index (χ0n) is 11.3. The van der Waals surface area contributed by atoms with Crippen molar-refractivity contribution in [2.45, 2.75) is 52.2 Å². The maximum Gasteiger partial charge on any atom is 0.309 e. The van der Waals surface area contributed by atoms with E-state index in [0.29, 0.717) is 12.5 Å². The van der Waals surface area contributed by atoms with Crippen molar-refractivity contribution in [2.75, 3.05) is 13.2 Å². The minimum absolute atomic E-state index is 0.0855. The number of carbonyl (C=O) groups excluding carboxylic acids is 1. The first-order chi connectivity index (χ1) is 7.83. The van der Waals surface area contributed by atoms with Gasteiger partial charge in [-0.2, -0.15) is 0 Å². The molecule has 1 fully saturated rings. The third-order valence-corrected chi connectivity index (χ3v) is 3.11. The Hall–Kier alpha value is -0.610. The molecule has 100 valence electrons. The summed E-state index contributed by atoms with van der Waals surface area (Å²) in [6, 6.07) is 0.336. The van der Waals surface area contributed by atoms with Gasteiger partial charge in [-0.25, -0.2) is 0 Å². The van der Waals surface area contributed by atoms with Crippen molar-refractivity contribution in [3.63, 3.8) is 0 Å². The van der Waals surface area contributed by atoms with Crippen LogP contribution in [0.3, 0.4) is 0 Å². The number of aliphatic hydroxyl groups is 1. The van der Waals surface area contributed by atoms with Gasteiger partial charge in [0.2, 0.25) is 0 Å². The average Bonchev–Trinajstić information content (AvgIpc) is 2.18. The lowest BCUT2D eigenvalue weighted by atomic mass is 9.81. The number of aliphatic hydroxyl groups excluding tert-OH is 1. The SMILES string of the molecule is CC1CC(C(=O)OC(C)(C)C)C(CCO)CN1. The van der Waals surface area contributed by atoms with E-state index in [2.05, 4.69) is 12.2 Å². The van der Waals surface area contributed by atoms with Gasteiger partial charge < -0.3 is 15.2 Å². The van der Waals surface area contributed by atoms with Crippen LogP contribution in [0.5, 0.6) is 0 Å². The summed E-state index contributed by atoms with van der Waals surface area (Å²) in [7, 11) is 0. The Morgan fingerprint density at radius 2 is 2.12 bits per heavy atom. The van der Waals surface area contributed by atoms with E-state index < -0.39 is 5.60 Å². The Labute approximate surface area is 104 Å². The molecule has 0 bridgehead atoms. The molecular formula is C13H25NO3. The van der Waals surface area contributed by atoms with E-state index in [1.807, 2.05) is 20.8 Å². The molecule has 0 aromatic rings. The van der Waals surface area contributed by atoms with Crippen molar-refractivity contribution >= 4 is 5.97 Å². The first kappa shape index (κ1) is 14.5. The third kappa shape index (κ3) is 4.64. The zero-order chi connectivity index (χ0) is 13.1. The lowest BCUT2D eigenvalue weighted by Crippen LogP contribution is -2.47. The third-order valence-electron chi connectivity index (χ3n) is 3.11. The smallest absolute Gasteiger partial charge is 0.309 e. The number of piperidine rings is 1. The van der Waals surface area contributed by atoms with E-state index in [4.69, 9.17) is 9.84 Å². The molecule has 3 unspecified atom stereocenters. The van der Waals surface area contributed by atoms with Crippen LogP contribution in [0.1, 0.15) is 40.5 Å². The molecule has 0 aliphatic carbocycles. The molecule has 4 heteroatoms. The van der Waals surface area contributed by atoms with Crippen LogP contribution >= 0.6 is 0 Å². The number of hydrogen-bond acceptors (Lipinski definition) is 4. The first-order valence-electron chi connectivity index (χ1n) is 6.40. The Morgan fingerprint density at radius 1 is 1.47 bits per heavy atom. The molecule has 17 heavy (non-hydrogen) atoms. The van der Waals surface area contributed by atoms with Crippen molar-refractivity contribution in [2.24, 2.45) is 11.8 Å². The van der Waals surface area contributed by atoms with Gasteiger partial charge in [0.15, 0.2) is 0 Å². The van der Waals surface area contributed by atoms with Crippen molar-refractivity contribution in [3.8, 4) is 0 Å². The topological polar surface area (TPSA) is 58.6 Å². The standard InChI is InChI=1S/C13H25NO3/c1-9-7-11(10(5-6-15)8-14-9)12(16)17-13(2,3)4/h9-11,14-15H,5-8H2,1-4H3. The molecular weight excluding hydrogens is 218 g/mol. The van der Waals surface area contributed by atoms with Gasteiger partial charge in [-0.05, 0) is 53.0 Å². The van der Waals surface area contributed by atoms with E-state index >= 15 is 0 Å². The number of nitrogens with one attached hydrogen (secondary N) is 1. The van der Waals surface area contributed by atoms with Gasteiger partial charge in [0.25, 0.3) is 0 Å². The highest BCUT2D eigenvalue weighted by atomic mass is 16.6. The van der Waals surface area contributed by atoms with Crippen LogP contribution in [-0.4, -0.2) is 35.9 Å². The van der Waals surface area contributed by atoms with Crippen LogP contribution < -0.4 is 5.32 Å². The molecule has 1 aliphatic heterocycles.